The van der Waals surface area contributed by atoms with Crippen molar-refractivity contribution in [3.63, 3.8) is 0 Å². The third kappa shape index (κ3) is 5.94. The smallest absolute Gasteiger partial charge is 0.253 e. The summed E-state index contributed by atoms with van der Waals surface area (Å²) in [6, 6.07) is 16.3. The number of carbonyl (C=O) groups excluding carboxylic acids is 1. The molecular formula is C27H39N3O3. The van der Waals surface area contributed by atoms with Gasteiger partial charge in [0, 0.05) is 57.5 Å². The van der Waals surface area contributed by atoms with Crippen molar-refractivity contribution in [3.8, 4) is 5.75 Å². The number of nitrogens with zero attached hydrogens (tertiary/aromatic N) is 3. The molecule has 6 nitrogen and oxygen atoms in total. The summed E-state index contributed by atoms with van der Waals surface area (Å²) in [7, 11) is 1.75. The van der Waals surface area contributed by atoms with Gasteiger partial charge < -0.3 is 14.7 Å². The van der Waals surface area contributed by atoms with Crippen molar-refractivity contribution in [1.82, 2.24) is 14.7 Å². The molecule has 3 atom stereocenters. The number of amides is 1. The minimum atomic E-state index is -0.00303. The van der Waals surface area contributed by atoms with E-state index < -0.39 is 0 Å². The molecular weight excluding hydrogens is 414 g/mol. The highest BCUT2D eigenvalue weighted by Gasteiger charge is 2.34. The summed E-state index contributed by atoms with van der Waals surface area (Å²) in [5.74, 6) is 0.333. The van der Waals surface area contributed by atoms with Crippen LogP contribution >= 0.6 is 0 Å². The van der Waals surface area contributed by atoms with E-state index in [1.165, 1.54) is 0 Å². The average Bonchev–Trinajstić information content (AvgIpc) is 2.81. The maximum atomic E-state index is 12.8. The summed E-state index contributed by atoms with van der Waals surface area (Å²) < 4.78 is 5.30. The first-order chi connectivity index (χ1) is 15.9. The molecule has 1 aliphatic rings. The predicted octanol–water partition coefficient (Wildman–Crippen LogP) is 4.00. The molecule has 0 saturated carbocycles. The van der Waals surface area contributed by atoms with Crippen LogP contribution in [-0.2, 0) is 4.74 Å². The highest BCUT2D eigenvalue weighted by atomic mass is 16.5. The van der Waals surface area contributed by atoms with Crippen LogP contribution in [0.1, 0.15) is 55.2 Å². The molecule has 180 valence electrons. The van der Waals surface area contributed by atoms with E-state index in [0.29, 0.717) is 30.7 Å². The second-order valence-electron chi connectivity index (χ2n) is 8.98. The molecule has 0 spiro atoms. The van der Waals surface area contributed by atoms with Crippen LogP contribution in [-0.4, -0.2) is 84.2 Å². The molecule has 0 aliphatic carbocycles. The van der Waals surface area contributed by atoms with E-state index in [9.17, 15) is 9.90 Å². The molecule has 0 radical (unpaired) electrons. The minimum Gasteiger partial charge on any atom is -0.508 e. The Bertz CT molecular complexity index is 898. The van der Waals surface area contributed by atoms with E-state index in [0.717, 1.165) is 37.4 Å². The normalized spacial score (nSPS) is 20.5. The molecule has 33 heavy (non-hydrogen) atoms. The number of methoxy groups -OCH3 is 1. The lowest BCUT2D eigenvalue weighted by atomic mass is 9.92. The standard InChI is InChI=1S/C27H39N3O3/c1-6-28(7-2)27(32)23-13-11-22(12-14-23)26(24-9-8-10-25(31)17-24)30-19-20(3)29(15-16-33-5)18-21(30)4/h8-14,17,20-21,26,31H,6-7,15-16,18-19H2,1-5H3/t20-,21+,26-/m1/s1. The maximum Gasteiger partial charge on any atom is 0.253 e. The van der Waals surface area contributed by atoms with Gasteiger partial charge in [0.25, 0.3) is 5.91 Å². The van der Waals surface area contributed by atoms with Gasteiger partial charge in [-0.15, -0.1) is 0 Å². The lowest BCUT2D eigenvalue weighted by molar-refractivity contribution is 0.0116. The quantitative estimate of drug-likeness (QED) is 0.622. The SMILES string of the molecule is CCN(CC)C(=O)c1ccc([C@H](c2cccc(O)c2)N2C[C@@H](C)N(CCOC)C[C@@H]2C)cc1. The Morgan fingerprint density at radius 2 is 1.76 bits per heavy atom. The summed E-state index contributed by atoms with van der Waals surface area (Å²) in [5.41, 5.74) is 2.89. The number of carbonyl (C=O) groups is 1. The Morgan fingerprint density at radius 1 is 1.06 bits per heavy atom. The van der Waals surface area contributed by atoms with Gasteiger partial charge in [-0.2, -0.15) is 0 Å². The fourth-order valence-electron chi connectivity index (χ4n) is 4.88. The van der Waals surface area contributed by atoms with E-state index in [-0.39, 0.29) is 17.7 Å². The van der Waals surface area contributed by atoms with Gasteiger partial charge in [-0.3, -0.25) is 14.6 Å². The summed E-state index contributed by atoms with van der Waals surface area (Å²) in [4.78, 5) is 19.6. The molecule has 1 fully saturated rings. The van der Waals surface area contributed by atoms with Crippen molar-refractivity contribution >= 4 is 5.91 Å². The zero-order valence-electron chi connectivity index (χ0n) is 20.7. The van der Waals surface area contributed by atoms with Crippen molar-refractivity contribution in [2.24, 2.45) is 0 Å². The summed E-state index contributed by atoms with van der Waals surface area (Å²) >= 11 is 0. The van der Waals surface area contributed by atoms with Crippen molar-refractivity contribution in [2.45, 2.75) is 45.8 Å². The molecule has 0 bridgehead atoms. The number of piperazine rings is 1. The Hall–Kier alpha value is -2.41. The van der Waals surface area contributed by atoms with Crippen LogP contribution in [0.15, 0.2) is 48.5 Å². The van der Waals surface area contributed by atoms with E-state index in [1.54, 1.807) is 13.2 Å². The van der Waals surface area contributed by atoms with Gasteiger partial charge >= 0.3 is 0 Å². The van der Waals surface area contributed by atoms with Gasteiger partial charge in [0.2, 0.25) is 0 Å². The molecule has 2 aromatic rings. The topological polar surface area (TPSA) is 56.3 Å². The van der Waals surface area contributed by atoms with Crippen molar-refractivity contribution in [2.75, 3.05) is 46.4 Å². The maximum absolute atomic E-state index is 12.8. The van der Waals surface area contributed by atoms with E-state index >= 15 is 0 Å². The minimum absolute atomic E-state index is 0.00303. The van der Waals surface area contributed by atoms with E-state index in [2.05, 4.69) is 41.8 Å². The first-order valence-electron chi connectivity index (χ1n) is 12.1. The first kappa shape index (κ1) is 25.2. The van der Waals surface area contributed by atoms with E-state index in [4.69, 9.17) is 4.74 Å². The van der Waals surface area contributed by atoms with E-state index in [1.807, 2.05) is 43.0 Å². The lowest BCUT2D eigenvalue weighted by Crippen LogP contribution is -2.57. The number of hydrogen-bond donors (Lipinski definition) is 1. The zero-order valence-corrected chi connectivity index (χ0v) is 20.7. The number of benzene rings is 2. The second kappa shape index (κ2) is 11.6. The first-order valence-corrected chi connectivity index (χ1v) is 12.1. The van der Waals surface area contributed by atoms with Crippen molar-refractivity contribution in [3.05, 3.63) is 65.2 Å². The van der Waals surface area contributed by atoms with Crippen LogP contribution < -0.4 is 0 Å². The zero-order chi connectivity index (χ0) is 24.0. The Kier molecular flexibility index (Phi) is 8.89. The number of phenolic OH excluding ortho intramolecular Hbond substituents is 1. The number of ether oxygens (including phenoxy) is 1. The molecule has 0 unspecified atom stereocenters. The Labute approximate surface area is 198 Å². The second-order valence-corrected chi connectivity index (χ2v) is 8.98. The average molecular weight is 454 g/mol. The predicted molar refractivity (Wildman–Crippen MR) is 133 cm³/mol. The third-order valence-electron chi connectivity index (χ3n) is 6.79. The molecule has 1 amide bonds. The number of aromatic hydroxyl groups is 1. The monoisotopic (exact) mass is 453 g/mol. The van der Waals surface area contributed by atoms with Crippen molar-refractivity contribution < 1.29 is 14.6 Å². The van der Waals surface area contributed by atoms with Crippen LogP contribution in [0.3, 0.4) is 0 Å². The fraction of sp³-hybridized carbons (Fsp3) is 0.519. The highest BCUT2D eigenvalue weighted by molar-refractivity contribution is 5.94. The van der Waals surface area contributed by atoms with Crippen LogP contribution in [0.4, 0.5) is 0 Å². The van der Waals surface area contributed by atoms with Gasteiger partial charge in [0.1, 0.15) is 5.75 Å². The molecule has 6 heteroatoms. The molecule has 0 aromatic heterocycles. The number of rotatable bonds is 9. The summed E-state index contributed by atoms with van der Waals surface area (Å²) in [5, 5.41) is 10.2. The van der Waals surface area contributed by atoms with Gasteiger partial charge in [0.05, 0.1) is 12.6 Å². The van der Waals surface area contributed by atoms with Crippen LogP contribution in [0, 0.1) is 0 Å². The molecule has 1 aliphatic heterocycles. The molecule has 1 heterocycles. The fourth-order valence-corrected chi connectivity index (χ4v) is 4.88. The third-order valence-corrected chi connectivity index (χ3v) is 6.79. The molecule has 2 aromatic carbocycles. The van der Waals surface area contributed by atoms with Gasteiger partial charge in [-0.25, -0.2) is 0 Å². The van der Waals surface area contributed by atoms with Gasteiger partial charge in [0.15, 0.2) is 0 Å². The van der Waals surface area contributed by atoms with Crippen LogP contribution in [0.25, 0.3) is 0 Å². The Balaban J connectivity index is 1.92. The van der Waals surface area contributed by atoms with Gasteiger partial charge in [-0.05, 0) is 63.1 Å². The molecule has 1 N–H and O–H groups in total. The molecule has 1 saturated heterocycles. The summed E-state index contributed by atoms with van der Waals surface area (Å²) in [6.45, 7) is 13.5. The van der Waals surface area contributed by atoms with Crippen LogP contribution in [0.2, 0.25) is 0 Å². The Morgan fingerprint density at radius 3 is 2.36 bits per heavy atom. The number of phenols is 1. The van der Waals surface area contributed by atoms with Crippen LogP contribution in [0.5, 0.6) is 5.75 Å². The lowest BCUT2D eigenvalue weighted by Gasteiger charge is -2.47. The number of hydrogen-bond acceptors (Lipinski definition) is 5. The van der Waals surface area contributed by atoms with Crippen molar-refractivity contribution in [1.29, 1.82) is 0 Å². The van der Waals surface area contributed by atoms with Gasteiger partial charge in [-0.1, -0.05) is 24.3 Å². The highest BCUT2D eigenvalue weighted by Crippen LogP contribution is 2.34. The largest absolute Gasteiger partial charge is 0.508 e. The molecule has 3 rings (SSSR count). The summed E-state index contributed by atoms with van der Waals surface area (Å²) in [6.07, 6.45) is 0.